The van der Waals surface area contributed by atoms with Crippen molar-refractivity contribution < 1.29 is 0 Å². The van der Waals surface area contributed by atoms with Crippen molar-refractivity contribution in [2.75, 3.05) is 0 Å². The first-order valence-electron chi connectivity index (χ1n) is 14.2. The van der Waals surface area contributed by atoms with Crippen LogP contribution in [0.5, 0.6) is 0 Å². The van der Waals surface area contributed by atoms with E-state index in [2.05, 4.69) is 143 Å². The zero-order chi connectivity index (χ0) is 27.4. The van der Waals surface area contributed by atoms with Crippen LogP contribution in [0.15, 0.2) is 143 Å². The summed E-state index contributed by atoms with van der Waals surface area (Å²) in [5.74, 6) is 0. The molecule has 10 rings (SSSR count). The summed E-state index contributed by atoms with van der Waals surface area (Å²) in [6.07, 6.45) is 0. The van der Waals surface area contributed by atoms with Crippen molar-refractivity contribution in [2.24, 2.45) is 0 Å². The normalized spacial score (nSPS) is 12.7. The number of thiophene rings is 1. The standard InChI is InChI=1S/C38H22N2S2/c1-3-13-29-26(9-1)36-28-12-8-18-34-37(28)40(30-14-4-6-16-32(30)42-34)38(36)39(29)24-21-19-23(20-22-24)25-11-7-17-33-35(25)27-10-2-5-15-31(27)41-33/h1-22H. The lowest BCUT2D eigenvalue weighted by Crippen LogP contribution is -2.05. The third-order valence-corrected chi connectivity index (χ3v) is 11.0. The third kappa shape index (κ3) is 2.95. The molecule has 1 aliphatic rings. The third-order valence-electron chi connectivity index (χ3n) is 8.72. The number of aromatic nitrogens is 2. The van der Waals surface area contributed by atoms with Gasteiger partial charge in [0.15, 0.2) is 0 Å². The van der Waals surface area contributed by atoms with Gasteiger partial charge in [0.25, 0.3) is 0 Å². The fourth-order valence-corrected chi connectivity index (χ4v) is 9.22. The molecule has 42 heavy (non-hydrogen) atoms. The number of hydrogen-bond donors (Lipinski definition) is 0. The Hall–Kier alpha value is -4.77. The molecule has 0 radical (unpaired) electrons. The lowest BCUT2D eigenvalue weighted by molar-refractivity contribution is 1.03. The molecule has 0 saturated carbocycles. The summed E-state index contributed by atoms with van der Waals surface area (Å²) < 4.78 is 7.64. The molecule has 4 heteroatoms. The van der Waals surface area contributed by atoms with Crippen molar-refractivity contribution in [1.29, 1.82) is 0 Å². The van der Waals surface area contributed by atoms with Crippen molar-refractivity contribution in [3.63, 3.8) is 0 Å². The van der Waals surface area contributed by atoms with E-state index >= 15 is 0 Å². The van der Waals surface area contributed by atoms with E-state index in [-0.39, 0.29) is 0 Å². The van der Waals surface area contributed by atoms with Crippen LogP contribution in [-0.4, -0.2) is 9.13 Å². The van der Waals surface area contributed by atoms with Crippen molar-refractivity contribution in [3.05, 3.63) is 133 Å². The van der Waals surface area contributed by atoms with E-state index in [1.54, 1.807) is 0 Å². The van der Waals surface area contributed by atoms with Gasteiger partial charge >= 0.3 is 0 Å². The molecule has 0 atom stereocenters. The van der Waals surface area contributed by atoms with Crippen molar-refractivity contribution in [1.82, 2.24) is 9.13 Å². The van der Waals surface area contributed by atoms with Gasteiger partial charge in [-0.1, -0.05) is 96.7 Å². The molecule has 6 aromatic carbocycles. The molecule has 196 valence electrons. The molecule has 2 nitrogen and oxygen atoms in total. The first-order chi connectivity index (χ1) is 20.8. The molecule has 9 aromatic rings. The molecule has 1 aliphatic heterocycles. The maximum Gasteiger partial charge on any atom is 0.131 e. The second-order valence-electron chi connectivity index (χ2n) is 10.9. The van der Waals surface area contributed by atoms with Crippen molar-refractivity contribution >= 4 is 76.1 Å². The molecule has 0 aliphatic carbocycles. The summed E-state index contributed by atoms with van der Waals surface area (Å²) in [6.45, 7) is 0. The molecule has 0 bridgehead atoms. The van der Waals surface area contributed by atoms with Gasteiger partial charge < -0.3 is 0 Å². The largest absolute Gasteiger partial charge is 0.295 e. The number of benzene rings is 6. The number of para-hydroxylation sites is 3. The van der Waals surface area contributed by atoms with E-state index in [1.165, 1.54) is 85.3 Å². The highest BCUT2D eigenvalue weighted by molar-refractivity contribution is 7.99. The van der Waals surface area contributed by atoms with Crippen LogP contribution in [0.1, 0.15) is 0 Å². The summed E-state index contributed by atoms with van der Waals surface area (Å²) in [4.78, 5) is 2.60. The van der Waals surface area contributed by atoms with E-state index in [0.717, 1.165) is 0 Å². The second-order valence-corrected chi connectivity index (χ2v) is 13.1. The van der Waals surface area contributed by atoms with E-state index in [1.807, 2.05) is 23.1 Å². The highest BCUT2D eigenvalue weighted by atomic mass is 32.2. The topological polar surface area (TPSA) is 9.86 Å². The summed E-state index contributed by atoms with van der Waals surface area (Å²) in [7, 11) is 0. The minimum Gasteiger partial charge on any atom is -0.295 e. The highest BCUT2D eigenvalue weighted by Gasteiger charge is 2.27. The molecular formula is C38H22N2S2. The van der Waals surface area contributed by atoms with Gasteiger partial charge in [-0.15, -0.1) is 11.3 Å². The van der Waals surface area contributed by atoms with Gasteiger partial charge in [-0.3, -0.25) is 9.13 Å². The van der Waals surface area contributed by atoms with Crippen molar-refractivity contribution in [3.8, 4) is 22.5 Å². The summed E-state index contributed by atoms with van der Waals surface area (Å²) >= 11 is 3.75. The number of rotatable bonds is 2. The monoisotopic (exact) mass is 570 g/mol. The van der Waals surface area contributed by atoms with Gasteiger partial charge in [0.2, 0.25) is 0 Å². The van der Waals surface area contributed by atoms with Gasteiger partial charge in [-0.25, -0.2) is 0 Å². The van der Waals surface area contributed by atoms with Gasteiger partial charge in [-0.2, -0.15) is 0 Å². The Morgan fingerprint density at radius 1 is 0.476 bits per heavy atom. The van der Waals surface area contributed by atoms with E-state index < -0.39 is 0 Å². The van der Waals surface area contributed by atoms with Crippen LogP contribution in [-0.2, 0) is 0 Å². The Balaban J connectivity index is 1.26. The Bertz CT molecular complexity index is 2540. The van der Waals surface area contributed by atoms with Gasteiger partial charge in [-0.05, 0) is 59.7 Å². The maximum absolute atomic E-state index is 2.50. The molecule has 0 amide bonds. The fraction of sp³-hybridized carbons (Fsp3) is 0. The minimum absolute atomic E-state index is 1.17. The average molecular weight is 571 g/mol. The zero-order valence-electron chi connectivity index (χ0n) is 22.4. The SMILES string of the molecule is c1ccc2c(c1)Sc1cccc3c4c5ccccc5n(-c5ccc(-c6cccc7sc8ccccc8c67)cc5)c4n-2c13. The Kier molecular flexibility index (Phi) is 4.57. The number of nitrogens with zero attached hydrogens (tertiary/aromatic N) is 2. The Labute approximate surface area is 250 Å². The van der Waals surface area contributed by atoms with Crippen LogP contribution in [0.25, 0.3) is 75.5 Å². The highest BCUT2D eigenvalue weighted by Crippen LogP contribution is 2.49. The van der Waals surface area contributed by atoms with Gasteiger partial charge in [0.05, 0.1) is 16.7 Å². The molecule has 3 aromatic heterocycles. The smallest absolute Gasteiger partial charge is 0.131 e. The van der Waals surface area contributed by atoms with Crippen LogP contribution < -0.4 is 0 Å². The van der Waals surface area contributed by atoms with Gasteiger partial charge in [0, 0.05) is 51.8 Å². The first-order valence-corrected chi connectivity index (χ1v) is 15.8. The van der Waals surface area contributed by atoms with Crippen LogP contribution in [0.4, 0.5) is 0 Å². The summed E-state index contributed by atoms with van der Waals surface area (Å²) in [5.41, 5.74) is 8.71. The van der Waals surface area contributed by atoms with Gasteiger partial charge in [0.1, 0.15) is 5.65 Å². The van der Waals surface area contributed by atoms with Crippen LogP contribution >= 0.6 is 23.1 Å². The van der Waals surface area contributed by atoms with E-state index in [0.29, 0.717) is 0 Å². The molecule has 0 spiro atoms. The average Bonchev–Trinajstić information content (AvgIpc) is 3.70. The zero-order valence-corrected chi connectivity index (χ0v) is 24.0. The quantitative estimate of drug-likeness (QED) is 0.201. The molecule has 0 unspecified atom stereocenters. The maximum atomic E-state index is 2.50. The number of hydrogen-bond acceptors (Lipinski definition) is 2. The predicted octanol–water partition coefficient (Wildman–Crippen LogP) is 11.2. The summed E-state index contributed by atoms with van der Waals surface area (Å²) in [5, 5.41) is 6.60. The second kappa shape index (κ2) is 8.39. The van der Waals surface area contributed by atoms with Crippen LogP contribution in [0.3, 0.4) is 0 Å². The molecular weight excluding hydrogens is 549 g/mol. The molecule has 0 saturated heterocycles. The lowest BCUT2D eigenvalue weighted by Gasteiger charge is -2.21. The fourth-order valence-electron chi connectivity index (χ4n) is 6.99. The van der Waals surface area contributed by atoms with E-state index in [9.17, 15) is 0 Å². The van der Waals surface area contributed by atoms with Crippen LogP contribution in [0.2, 0.25) is 0 Å². The first kappa shape index (κ1) is 22.9. The van der Waals surface area contributed by atoms with E-state index in [4.69, 9.17) is 0 Å². The molecule has 4 heterocycles. The molecule has 0 fully saturated rings. The Morgan fingerprint density at radius 3 is 2.12 bits per heavy atom. The minimum atomic E-state index is 1.17. The molecule has 0 N–H and O–H groups in total. The van der Waals surface area contributed by atoms with Crippen molar-refractivity contribution in [2.45, 2.75) is 9.79 Å². The Morgan fingerprint density at radius 2 is 1.19 bits per heavy atom. The number of fused-ring (bicyclic) bond motifs is 10. The summed E-state index contributed by atoms with van der Waals surface area (Å²) in [6, 6.07) is 49.0. The predicted molar refractivity (Wildman–Crippen MR) is 180 cm³/mol. The lowest BCUT2D eigenvalue weighted by atomic mass is 9.99. The van der Waals surface area contributed by atoms with Crippen LogP contribution in [0, 0.1) is 0 Å².